The summed E-state index contributed by atoms with van der Waals surface area (Å²) in [5.41, 5.74) is 7.56. The third-order valence-corrected chi connectivity index (χ3v) is 7.85. The Morgan fingerprint density at radius 3 is 2.36 bits per heavy atom. The van der Waals surface area contributed by atoms with Crippen LogP contribution in [-0.4, -0.2) is 51.4 Å². The van der Waals surface area contributed by atoms with E-state index in [1.165, 1.54) is 33.2 Å². The van der Waals surface area contributed by atoms with Crippen molar-refractivity contribution in [3.05, 3.63) is 53.2 Å². The van der Waals surface area contributed by atoms with Gasteiger partial charge < -0.3 is 20.6 Å². The molecule has 0 saturated carbocycles. The van der Waals surface area contributed by atoms with Crippen molar-refractivity contribution in [1.82, 2.24) is 4.98 Å². The number of carbonyl (C=O) groups is 4. The predicted molar refractivity (Wildman–Crippen MR) is 150 cm³/mol. The lowest BCUT2D eigenvalue weighted by Gasteiger charge is -2.10. The number of hydrogen-bond acceptors (Lipinski definition) is 8. The van der Waals surface area contributed by atoms with Crippen LogP contribution in [0, 0.1) is 11.8 Å². The number of ketones is 1. The third kappa shape index (κ3) is 11.5. The first kappa shape index (κ1) is 31.2. The molecule has 0 aliphatic carbocycles. The minimum atomic E-state index is -2.95. The van der Waals surface area contributed by atoms with E-state index in [1.807, 2.05) is 0 Å². The molecule has 0 spiro atoms. The van der Waals surface area contributed by atoms with Gasteiger partial charge in [0.05, 0.1) is 28.0 Å². The molecule has 0 saturated heterocycles. The molecule has 0 bridgehead atoms. The maximum absolute atomic E-state index is 13.6. The summed E-state index contributed by atoms with van der Waals surface area (Å²) in [6, 6.07) is 8.38. The zero-order valence-electron chi connectivity index (χ0n) is 22.5. The Bertz CT molecular complexity index is 1400. The Hall–Kier alpha value is -4.04. The number of pyridine rings is 1. The number of esters is 1. The molecular formula is C28H34N4O6S. The van der Waals surface area contributed by atoms with E-state index in [4.69, 9.17) is 5.73 Å². The minimum absolute atomic E-state index is 0.0380. The number of anilines is 2. The van der Waals surface area contributed by atoms with Gasteiger partial charge in [-0.1, -0.05) is 17.9 Å². The Morgan fingerprint density at radius 2 is 1.72 bits per heavy atom. The number of rotatable bonds is 12. The fourth-order valence-electron chi connectivity index (χ4n) is 3.51. The maximum Gasteiger partial charge on any atom is 0.305 e. The number of hydrogen-bond donors (Lipinski definition) is 2. The first-order valence-electron chi connectivity index (χ1n) is 12.5. The Labute approximate surface area is 229 Å². The first-order chi connectivity index (χ1) is 18.5. The number of unbranched alkanes of at least 4 members (excludes halogenated alkanes) is 2. The number of nitrogens with two attached hydrogens (primary N) is 1. The molecule has 10 nitrogen and oxygen atoms in total. The van der Waals surface area contributed by atoms with Crippen molar-refractivity contribution >= 4 is 44.8 Å². The van der Waals surface area contributed by atoms with E-state index in [0.717, 1.165) is 0 Å². The number of benzene rings is 1. The van der Waals surface area contributed by atoms with E-state index in [1.54, 1.807) is 24.3 Å². The van der Waals surface area contributed by atoms with Crippen molar-refractivity contribution in [3.8, 4) is 11.8 Å². The van der Waals surface area contributed by atoms with Crippen molar-refractivity contribution in [2.75, 3.05) is 29.7 Å². The van der Waals surface area contributed by atoms with Crippen molar-refractivity contribution < 1.29 is 28.1 Å². The first-order valence-corrected chi connectivity index (χ1v) is 14.3. The van der Waals surface area contributed by atoms with Gasteiger partial charge >= 0.3 is 5.97 Å². The smallest absolute Gasteiger partial charge is 0.305 e. The monoisotopic (exact) mass is 554 g/mol. The van der Waals surface area contributed by atoms with E-state index in [2.05, 4.69) is 31.2 Å². The number of nitrogen functional groups attached to an aromatic ring is 1. The quantitative estimate of drug-likeness (QED) is 0.228. The molecular weight excluding hydrogens is 520 g/mol. The molecule has 0 aliphatic rings. The van der Waals surface area contributed by atoms with Gasteiger partial charge in [0, 0.05) is 48.7 Å². The van der Waals surface area contributed by atoms with Gasteiger partial charge in [-0.25, -0.2) is 9.19 Å². The van der Waals surface area contributed by atoms with Crippen LogP contribution in [0.3, 0.4) is 0 Å². The molecule has 1 heterocycles. The number of amides is 2. The third-order valence-electron chi connectivity index (χ3n) is 5.50. The van der Waals surface area contributed by atoms with E-state index >= 15 is 0 Å². The van der Waals surface area contributed by atoms with Crippen molar-refractivity contribution in [1.29, 1.82) is 0 Å². The number of nitrogens with one attached hydrogen (secondary N) is 1. The van der Waals surface area contributed by atoms with Crippen LogP contribution in [0.15, 0.2) is 40.9 Å². The van der Waals surface area contributed by atoms with Crippen LogP contribution in [0.2, 0.25) is 0 Å². The van der Waals surface area contributed by atoms with Crippen LogP contribution >= 0.6 is 0 Å². The molecule has 2 aromatic rings. The highest BCUT2D eigenvalue weighted by Crippen LogP contribution is 2.15. The average Bonchev–Trinajstić information content (AvgIpc) is 2.88. The average molecular weight is 555 g/mol. The molecule has 11 heteroatoms. The second-order valence-corrected chi connectivity index (χ2v) is 11.5. The summed E-state index contributed by atoms with van der Waals surface area (Å²) in [5.74, 6) is 4.99. The molecule has 1 atom stereocenters. The Kier molecular flexibility index (Phi) is 12.3. The normalized spacial score (nSPS) is 11.9. The molecule has 1 aromatic carbocycles. The van der Waals surface area contributed by atoms with Gasteiger partial charge in [0.1, 0.15) is 11.6 Å². The molecule has 208 valence electrons. The summed E-state index contributed by atoms with van der Waals surface area (Å²) in [6.07, 6.45) is 3.70. The number of carbonyl (C=O) groups excluding carboxylic acids is 4. The number of methoxy groups -OCH3 is 1. The van der Waals surface area contributed by atoms with Crippen LogP contribution in [0.4, 0.5) is 11.5 Å². The molecule has 1 aromatic heterocycles. The molecule has 39 heavy (non-hydrogen) atoms. The van der Waals surface area contributed by atoms with Gasteiger partial charge in [-0.15, -0.1) is 0 Å². The standard InChI is InChI=1S/C28H34N4O6S/c1-20(33)9-4-6-15-39(37,16-7-5-12-26(35)38-3)32-28(36)24-18-23(27(29)30-19-24)14-13-22-10-8-11-25(17-22)31-21(2)34/h8,10-11,17-19H,4-7,9,12,15-16H2,1-3H3,(H2,29,30)(H,31,34). The highest BCUT2D eigenvalue weighted by molar-refractivity contribution is 7.93. The molecule has 3 N–H and O–H groups in total. The van der Waals surface area contributed by atoms with E-state index < -0.39 is 15.6 Å². The second kappa shape index (κ2) is 15.4. The predicted octanol–water partition coefficient (Wildman–Crippen LogP) is 3.73. The lowest BCUT2D eigenvalue weighted by molar-refractivity contribution is -0.140. The van der Waals surface area contributed by atoms with Crippen molar-refractivity contribution in [2.24, 2.45) is 4.36 Å². The van der Waals surface area contributed by atoms with Crippen LogP contribution in [0.1, 0.15) is 73.9 Å². The van der Waals surface area contributed by atoms with Crippen LogP contribution in [-0.2, 0) is 28.8 Å². The van der Waals surface area contributed by atoms with Gasteiger partial charge in [0.15, 0.2) is 0 Å². The van der Waals surface area contributed by atoms with Crippen molar-refractivity contribution in [3.63, 3.8) is 0 Å². The lowest BCUT2D eigenvalue weighted by Crippen LogP contribution is -2.15. The van der Waals surface area contributed by atoms with Gasteiger partial charge in [-0.3, -0.25) is 14.4 Å². The van der Waals surface area contributed by atoms with Crippen LogP contribution < -0.4 is 11.1 Å². The van der Waals surface area contributed by atoms with E-state index in [9.17, 15) is 23.4 Å². The zero-order chi connectivity index (χ0) is 28.8. The minimum Gasteiger partial charge on any atom is -0.469 e. The summed E-state index contributed by atoms with van der Waals surface area (Å²) < 4.78 is 22.3. The molecule has 2 amide bonds. The number of nitrogens with zero attached hydrogens (tertiary/aromatic N) is 2. The number of aromatic nitrogens is 1. The Balaban J connectivity index is 2.27. The second-order valence-electron chi connectivity index (χ2n) is 8.94. The van der Waals surface area contributed by atoms with E-state index in [-0.39, 0.29) is 47.0 Å². The summed E-state index contributed by atoms with van der Waals surface area (Å²) in [5, 5.41) is 2.68. The molecule has 0 fully saturated rings. The highest BCUT2D eigenvalue weighted by Gasteiger charge is 2.16. The van der Waals surface area contributed by atoms with E-state index in [0.29, 0.717) is 48.9 Å². The summed E-state index contributed by atoms with van der Waals surface area (Å²) in [6.45, 7) is 2.90. The van der Waals surface area contributed by atoms with Crippen molar-refractivity contribution in [2.45, 2.75) is 52.4 Å². The summed E-state index contributed by atoms with van der Waals surface area (Å²) in [4.78, 5) is 51.0. The van der Waals surface area contributed by atoms with Gasteiger partial charge in [0.2, 0.25) is 5.91 Å². The SMILES string of the molecule is COC(=O)CCCCS(=O)(CCCCC(C)=O)=NC(=O)c1cnc(N)c(C#Cc2cccc(NC(C)=O)c2)c1. The van der Waals surface area contributed by atoms with Crippen LogP contribution in [0.25, 0.3) is 0 Å². The van der Waals surface area contributed by atoms with Gasteiger partial charge in [-0.2, -0.15) is 4.36 Å². The number of ether oxygens (including phenoxy) is 1. The lowest BCUT2D eigenvalue weighted by atomic mass is 10.1. The maximum atomic E-state index is 13.6. The molecule has 0 radical (unpaired) electrons. The highest BCUT2D eigenvalue weighted by atomic mass is 32.2. The fraction of sp³-hybridized carbons (Fsp3) is 0.393. The Morgan fingerprint density at radius 1 is 1.03 bits per heavy atom. The largest absolute Gasteiger partial charge is 0.469 e. The number of Topliss-reactive ketones (excluding diaryl/α,β-unsaturated/α-hetero) is 1. The molecule has 1 unspecified atom stereocenters. The molecule has 0 aliphatic heterocycles. The topological polar surface area (TPSA) is 158 Å². The van der Waals surface area contributed by atoms with Gasteiger partial charge in [0.25, 0.3) is 5.91 Å². The molecule has 2 rings (SSSR count). The van der Waals surface area contributed by atoms with Gasteiger partial charge in [-0.05, 0) is 56.9 Å². The fourth-order valence-corrected chi connectivity index (χ4v) is 5.61. The van der Waals surface area contributed by atoms with Crippen LogP contribution in [0.5, 0.6) is 0 Å². The zero-order valence-corrected chi connectivity index (χ0v) is 23.3. The summed E-state index contributed by atoms with van der Waals surface area (Å²) in [7, 11) is -1.65. The summed E-state index contributed by atoms with van der Waals surface area (Å²) >= 11 is 0.